The molecule has 4 heteroatoms. The minimum absolute atomic E-state index is 0.336. The maximum atomic E-state index is 5.71. The molecular formula is C14H14N2OS. The Balaban J connectivity index is 2.13. The van der Waals surface area contributed by atoms with E-state index in [-0.39, 0.29) is 0 Å². The Labute approximate surface area is 112 Å². The zero-order valence-electron chi connectivity index (χ0n) is 10.1. The van der Waals surface area contributed by atoms with Crippen molar-refractivity contribution in [3.63, 3.8) is 0 Å². The summed E-state index contributed by atoms with van der Waals surface area (Å²) in [4.78, 5) is 4.71. The van der Waals surface area contributed by atoms with E-state index in [2.05, 4.69) is 4.98 Å². The summed E-state index contributed by atoms with van der Waals surface area (Å²) in [6.07, 6.45) is 0. The van der Waals surface area contributed by atoms with Gasteiger partial charge in [0.1, 0.15) is 17.3 Å². The monoisotopic (exact) mass is 258 g/mol. The Kier molecular flexibility index (Phi) is 3.89. The maximum Gasteiger partial charge on any atom is 0.130 e. The summed E-state index contributed by atoms with van der Waals surface area (Å²) < 4.78 is 5.71. The summed E-state index contributed by atoms with van der Waals surface area (Å²) in [5, 5.41) is 0. The van der Waals surface area contributed by atoms with E-state index in [9.17, 15) is 0 Å². The molecule has 0 saturated carbocycles. The van der Waals surface area contributed by atoms with Gasteiger partial charge in [-0.3, -0.25) is 4.98 Å². The Hall–Kier alpha value is -1.94. The molecule has 2 aromatic rings. The van der Waals surface area contributed by atoms with E-state index in [0.717, 1.165) is 17.0 Å². The Morgan fingerprint density at radius 1 is 1.22 bits per heavy atom. The number of benzene rings is 1. The van der Waals surface area contributed by atoms with Gasteiger partial charge in [0, 0.05) is 5.69 Å². The lowest BCUT2D eigenvalue weighted by molar-refractivity contribution is 0.300. The molecule has 0 aliphatic rings. The number of nitrogens with two attached hydrogens (primary N) is 1. The Bertz CT molecular complexity index is 569. The van der Waals surface area contributed by atoms with Crippen LogP contribution in [0.1, 0.15) is 17.0 Å². The molecule has 0 saturated heterocycles. The predicted octanol–water partition coefficient (Wildman–Crippen LogP) is 2.60. The standard InChI is InChI=1S/C14H14N2OS/c1-10-5-4-6-11(16-10)9-17-13-8-3-2-7-12(13)14(15)18/h2-8H,9H2,1H3,(H2,15,18). The minimum Gasteiger partial charge on any atom is -0.487 e. The second kappa shape index (κ2) is 5.60. The number of nitrogens with zero attached hydrogens (tertiary/aromatic N) is 1. The van der Waals surface area contributed by atoms with Gasteiger partial charge in [-0.15, -0.1) is 0 Å². The smallest absolute Gasteiger partial charge is 0.130 e. The molecular weight excluding hydrogens is 244 g/mol. The molecule has 0 amide bonds. The van der Waals surface area contributed by atoms with Gasteiger partial charge >= 0.3 is 0 Å². The third-order valence-electron chi connectivity index (χ3n) is 2.47. The molecule has 92 valence electrons. The number of para-hydroxylation sites is 1. The number of ether oxygens (including phenoxy) is 1. The Morgan fingerprint density at radius 2 is 2.00 bits per heavy atom. The fourth-order valence-corrected chi connectivity index (χ4v) is 1.80. The first-order valence-corrected chi connectivity index (χ1v) is 6.02. The average Bonchev–Trinajstić information content (AvgIpc) is 2.37. The van der Waals surface area contributed by atoms with Crippen LogP contribution in [0.15, 0.2) is 42.5 Å². The maximum absolute atomic E-state index is 5.71. The lowest BCUT2D eigenvalue weighted by Crippen LogP contribution is -2.11. The van der Waals surface area contributed by atoms with Crippen molar-refractivity contribution in [1.29, 1.82) is 0 Å². The third kappa shape index (κ3) is 3.05. The summed E-state index contributed by atoms with van der Waals surface area (Å²) in [5.74, 6) is 0.688. The van der Waals surface area contributed by atoms with Crippen molar-refractivity contribution in [2.75, 3.05) is 0 Å². The van der Waals surface area contributed by atoms with E-state index in [4.69, 9.17) is 22.7 Å². The summed E-state index contributed by atoms with van der Waals surface area (Å²) in [6, 6.07) is 13.3. The highest BCUT2D eigenvalue weighted by atomic mass is 32.1. The van der Waals surface area contributed by atoms with Crippen molar-refractivity contribution in [2.24, 2.45) is 5.73 Å². The predicted molar refractivity (Wildman–Crippen MR) is 75.6 cm³/mol. The molecule has 1 aromatic carbocycles. The van der Waals surface area contributed by atoms with Crippen molar-refractivity contribution in [3.8, 4) is 5.75 Å². The molecule has 0 atom stereocenters. The van der Waals surface area contributed by atoms with E-state index in [0.29, 0.717) is 17.3 Å². The van der Waals surface area contributed by atoms with Crippen LogP contribution in [0.5, 0.6) is 5.75 Å². The number of thiocarbonyl (C=S) groups is 1. The van der Waals surface area contributed by atoms with E-state index >= 15 is 0 Å². The van der Waals surface area contributed by atoms with Crippen molar-refractivity contribution >= 4 is 17.2 Å². The van der Waals surface area contributed by atoms with Crippen LogP contribution in [0, 0.1) is 6.92 Å². The van der Waals surface area contributed by atoms with Gasteiger partial charge < -0.3 is 10.5 Å². The molecule has 0 aliphatic heterocycles. The molecule has 3 nitrogen and oxygen atoms in total. The van der Waals surface area contributed by atoms with E-state index in [1.54, 1.807) is 0 Å². The third-order valence-corrected chi connectivity index (χ3v) is 2.69. The highest BCUT2D eigenvalue weighted by molar-refractivity contribution is 7.80. The van der Waals surface area contributed by atoms with Crippen LogP contribution >= 0.6 is 12.2 Å². The van der Waals surface area contributed by atoms with Gasteiger partial charge in [-0.25, -0.2) is 0 Å². The summed E-state index contributed by atoms with van der Waals surface area (Å²) in [7, 11) is 0. The average molecular weight is 258 g/mol. The fraction of sp³-hybridized carbons (Fsp3) is 0.143. The van der Waals surface area contributed by atoms with Crippen molar-refractivity contribution in [2.45, 2.75) is 13.5 Å². The first-order chi connectivity index (χ1) is 8.66. The number of aromatic nitrogens is 1. The number of hydrogen-bond acceptors (Lipinski definition) is 3. The first kappa shape index (κ1) is 12.5. The van der Waals surface area contributed by atoms with Gasteiger partial charge in [-0.2, -0.15) is 0 Å². The molecule has 1 heterocycles. The van der Waals surface area contributed by atoms with Crippen molar-refractivity contribution in [1.82, 2.24) is 4.98 Å². The number of aryl methyl sites for hydroxylation is 1. The highest BCUT2D eigenvalue weighted by Crippen LogP contribution is 2.18. The number of rotatable bonds is 4. The van der Waals surface area contributed by atoms with Gasteiger partial charge in [0.2, 0.25) is 0 Å². The lowest BCUT2D eigenvalue weighted by Gasteiger charge is -2.10. The van der Waals surface area contributed by atoms with E-state index in [1.165, 1.54) is 0 Å². The van der Waals surface area contributed by atoms with Gasteiger partial charge in [-0.1, -0.05) is 30.4 Å². The lowest BCUT2D eigenvalue weighted by atomic mass is 10.2. The van der Waals surface area contributed by atoms with Crippen LogP contribution < -0.4 is 10.5 Å². The first-order valence-electron chi connectivity index (χ1n) is 5.61. The largest absolute Gasteiger partial charge is 0.487 e. The Morgan fingerprint density at radius 3 is 2.72 bits per heavy atom. The van der Waals surface area contributed by atoms with Gasteiger partial charge in [0.25, 0.3) is 0 Å². The second-order valence-electron chi connectivity index (χ2n) is 3.92. The summed E-state index contributed by atoms with van der Waals surface area (Å²) in [6.45, 7) is 2.35. The summed E-state index contributed by atoms with van der Waals surface area (Å²) in [5.41, 5.74) is 8.25. The van der Waals surface area contributed by atoms with Crippen LogP contribution in [0.2, 0.25) is 0 Å². The van der Waals surface area contributed by atoms with Crippen molar-refractivity contribution in [3.05, 3.63) is 59.4 Å². The van der Waals surface area contributed by atoms with Gasteiger partial charge in [0.05, 0.1) is 11.3 Å². The topological polar surface area (TPSA) is 48.1 Å². The van der Waals surface area contributed by atoms with Crippen LogP contribution in [0.3, 0.4) is 0 Å². The molecule has 0 bridgehead atoms. The molecule has 2 N–H and O–H groups in total. The summed E-state index contributed by atoms with van der Waals surface area (Å²) >= 11 is 4.98. The number of pyridine rings is 1. The molecule has 18 heavy (non-hydrogen) atoms. The van der Waals surface area contributed by atoms with Crippen LogP contribution in [-0.2, 0) is 6.61 Å². The van der Waals surface area contributed by atoms with Gasteiger partial charge in [0.15, 0.2) is 0 Å². The van der Waals surface area contributed by atoms with Gasteiger partial charge in [-0.05, 0) is 31.2 Å². The quantitative estimate of drug-likeness (QED) is 0.856. The van der Waals surface area contributed by atoms with Crippen molar-refractivity contribution < 1.29 is 4.74 Å². The molecule has 0 fully saturated rings. The van der Waals surface area contributed by atoms with E-state index < -0.39 is 0 Å². The molecule has 0 radical (unpaired) electrons. The normalized spacial score (nSPS) is 10.1. The van der Waals surface area contributed by atoms with Crippen LogP contribution in [0.25, 0.3) is 0 Å². The van der Waals surface area contributed by atoms with Crippen LogP contribution in [0.4, 0.5) is 0 Å². The van der Waals surface area contributed by atoms with E-state index in [1.807, 2.05) is 49.4 Å². The molecule has 1 aromatic heterocycles. The highest BCUT2D eigenvalue weighted by Gasteiger charge is 2.05. The molecule has 2 rings (SSSR count). The SMILES string of the molecule is Cc1cccc(COc2ccccc2C(N)=S)n1. The molecule has 0 unspecified atom stereocenters. The molecule has 0 aliphatic carbocycles. The number of hydrogen-bond donors (Lipinski definition) is 1. The zero-order valence-corrected chi connectivity index (χ0v) is 10.9. The molecule has 0 spiro atoms. The minimum atomic E-state index is 0.336. The van der Waals surface area contributed by atoms with Crippen LogP contribution in [-0.4, -0.2) is 9.97 Å². The second-order valence-corrected chi connectivity index (χ2v) is 4.36. The zero-order chi connectivity index (χ0) is 13.0. The fourth-order valence-electron chi connectivity index (χ4n) is 1.63.